The Hall–Kier alpha value is -1.91. The number of hydrogen-bond donors (Lipinski definition) is 0. The largest absolute Gasteiger partial charge is 0.362 e. The van der Waals surface area contributed by atoms with Crippen LogP contribution in [0.3, 0.4) is 0 Å². The summed E-state index contributed by atoms with van der Waals surface area (Å²) in [4.78, 5) is 23.9. The van der Waals surface area contributed by atoms with Crippen LogP contribution in [0.2, 0.25) is 0 Å². The molecule has 0 N–H and O–H groups in total. The topological polar surface area (TPSA) is 49.3 Å². The Morgan fingerprint density at radius 1 is 1.53 bits per heavy atom. The molecule has 0 spiro atoms. The molecule has 90 valence electrons. The number of aromatic nitrogens is 2. The zero-order chi connectivity index (χ0) is 12.4. The maximum Gasteiger partial charge on any atom is 0.246 e. The lowest BCUT2D eigenvalue weighted by Gasteiger charge is -2.29. The lowest BCUT2D eigenvalue weighted by Crippen LogP contribution is -2.36. The zero-order valence-electron chi connectivity index (χ0n) is 10.2. The van der Waals surface area contributed by atoms with Crippen LogP contribution >= 0.6 is 0 Å². The molecule has 5 heteroatoms. The van der Waals surface area contributed by atoms with Crippen LogP contribution < -0.4 is 4.90 Å². The first-order chi connectivity index (χ1) is 8.13. The molecule has 0 saturated heterocycles. The molecule has 1 aromatic heterocycles. The molecule has 0 radical (unpaired) electrons. The normalized spacial score (nSPS) is 14.1. The van der Waals surface area contributed by atoms with E-state index in [9.17, 15) is 4.79 Å². The summed E-state index contributed by atoms with van der Waals surface area (Å²) in [6.07, 6.45) is 3.71. The van der Waals surface area contributed by atoms with Crippen molar-refractivity contribution < 1.29 is 4.79 Å². The average Bonchev–Trinajstić information content (AvgIpc) is 2.36. The predicted octanol–water partition coefficient (Wildman–Crippen LogP) is 0.613. The van der Waals surface area contributed by atoms with Gasteiger partial charge in [-0.3, -0.25) is 4.79 Å². The summed E-state index contributed by atoms with van der Waals surface area (Å²) in [7, 11) is 3.88. The molecule has 17 heavy (non-hydrogen) atoms. The summed E-state index contributed by atoms with van der Waals surface area (Å²) in [6, 6.07) is 0. The number of hydrogen-bond acceptors (Lipinski definition) is 4. The lowest BCUT2D eigenvalue weighted by atomic mass is 10.1. The van der Waals surface area contributed by atoms with Gasteiger partial charge in [-0.05, 0) is 6.08 Å². The van der Waals surface area contributed by atoms with E-state index in [1.54, 1.807) is 11.2 Å². The van der Waals surface area contributed by atoms with Crippen molar-refractivity contribution in [2.45, 2.75) is 13.0 Å². The number of nitrogens with zero attached hydrogens (tertiary/aromatic N) is 4. The van der Waals surface area contributed by atoms with E-state index in [1.165, 1.54) is 6.08 Å². The first kappa shape index (κ1) is 11.6. The third-order valence-electron chi connectivity index (χ3n) is 2.89. The van der Waals surface area contributed by atoms with Crippen LogP contribution in [0.25, 0.3) is 0 Å². The van der Waals surface area contributed by atoms with Gasteiger partial charge < -0.3 is 9.80 Å². The third kappa shape index (κ3) is 2.13. The second-order valence-corrected chi connectivity index (χ2v) is 4.23. The van der Waals surface area contributed by atoms with E-state index in [0.29, 0.717) is 13.1 Å². The molecule has 1 amide bonds. The smallest absolute Gasteiger partial charge is 0.246 e. The number of amides is 1. The minimum Gasteiger partial charge on any atom is -0.362 e. The van der Waals surface area contributed by atoms with Gasteiger partial charge in [0.2, 0.25) is 5.91 Å². The Morgan fingerprint density at radius 3 is 2.94 bits per heavy atom. The summed E-state index contributed by atoms with van der Waals surface area (Å²) in [5.41, 5.74) is 2.08. The molecular weight excluding hydrogens is 216 g/mol. The standard InChI is InChI=1S/C12H16N4O/c1-4-11(17)16-6-5-10-9(7-16)12(15(2)3)14-8-13-10/h4,8H,1,5-7H2,2-3H3. The summed E-state index contributed by atoms with van der Waals surface area (Å²) >= 11 is 0. The molecule has 0 bridgehead atoms. The van der Waals surface area contributed by atoms with Crippen LogP contribution in [0, 0.1) is 0 Å². The van der Waals surface area contributed by atoms with E-state index in [0.717, 1.165) is 23.5 Å². The van der Waals surface area contributed by atoms with E-state index in [1.807, 2.05) is 19.0 Å². The second kappa shape index (κ2) is 4.53. The monoisotopic (exact) mass is 232 g/mol. The van der Waals surface area contributed by atoms with Crippen molar-refractivity contribution in [3.05, 3.63) is 30.2 Å². The quantitative estimate of drug-likeness (QED) is 0.701. The van der Waals surface area contributed by atoms with Crippen LogP contribution in [0.15, 0.2) is 19.0 Å². The van der Waals surface area contributed by atoms with Crippen LogP contribution in [0.5, 0.6) is 0 Å². The zero-order valence-corrected chi connectivity index (χ0v) is 10.2. The van der Waals surface area contributed by atoms with E-state index in [4.69, 9.17) is 0 Å². The van der Waals surface area contributed by atoms with Gasteiger partial charge >= 0.3 is 0 Å². The molecule has 5 nitrogen and oxygen atoms in total. The van der Waals surface area contributed by atoms with Crippen molar-refractivity contribution in [3.63, 3.8) is 0 Å². The van der Waals surface area contributed by atoms with Crippen molar-refractivity contribution in [3.8, 4) is 0 Å². The number of anilines is 1. The Labute approximate surface area is 101 Å². The number of fused-ring (bicyclic) bond motifs is 1. The maximum atomic E-state index is 11.6. The van der Waals surface area contributed by atoms with Gasteiger partial charge in [0.25, 0.3) is 0 Å². The van der Waals surface area contributed by atoms with E-state index < -0.39 is 0 Å². The molecule has 1 aliphatic rings. The highest BCUT2D eigenvalue weighted by Crippen LogP contribution is 2.24. The molecular formula is C12H16N4O. The fourth-order valence-corrected chi connectivity index (χ4v) is 2.03. The first-order valence-electron chi connectivity index (χ1n) is 5.55. The van der Waals surface area contributed by atoms with Crippen LogP contribution in [0.4, 0.5) is 5.82 Å². The van der Waals surface area contributed by atoms with Crippen molar-refractivity contribution >= 4 is 11.7 Å². The summed E-state index contributed by atoms with van der Waals surface area (Å²) in [5.74, 6) is 0.848. The highest BCUT2D eigenvalue weighted by Gasteiger charge is 2.23. The van der Waals surface area contributed by atoms with Gasteiger partial charge in [0.15, 0.2) is 0 Å². The van der Waals surface area contributed by atoms with Crippen LogP contribution in [-0.4, -0.2) is 41.4 Å². The summed E-state index contributed by atoms with van der Waals surface area (Å²) in [6.45, 7) is 4.78. The van der Waals surface area contributed by atoms with E-state index in [2.05, 4.69) is 16.5 Å². The lowest BCUT2D eigenvalue weighted by molar-refractivity contribution is -0.126. The van der Waals surface area contributed by atoms with Crippen LogP contribution in [0.1, 0.15) is 11.3 Å². The molecule has 1 aliphatic heterocycles. The van der Waals surface area contributed by atoms with Gasteiger partial charge in [0.05, 0.1) is 12.2 Å². The van der Waals surface area contributed by atoms with Crippen molar-refractivity contribution in [2.75, 3.05) is 25.5 Å². The molecule has 0 atom stereocenters. The fourth-order valence-electron chi connectivity index (χ4n) is 2.03. The van der Waals surface area contributed by atoms with Crippen molar-refractivity contribution in [2.24, 2.45) is 0 Å². The van der Waals surface area contributed by atoms with Gasteiger partial charge in [-0.1, -0.05) is 6.58 Å². The second-order valence-electron chi connectivity index (χ2n) is 4.23. The minimum absolute atomic E-state index is 0.0378. The number of rotatable bonds is 2. The molecule has 2 heterocycles. The third-order valence-corrected chi connectivity index (χ3v) is 2.89. The fraction of sp³-hybridized carbons (Fsp3) is 0.417. The van der Waals surface area contributed by atoms with Crippen LogP contribution in [-0.2, 0) is 17.8 Å². The molecule has 0 unspecified atom stereocenters. The van der Waals surface area contributed by atoms with Crippen molar-refractivity contribution in [1.29, 1.82) is 0 Å². The average molecular weight is 232 g/mol. The number of carbonyl (C=O) groups is 1. The molecule has 0 fully saturated rings. The Kier molecular flexibility index (Phi) is 3.08. The summed E-state index contributed by atoms with van der Waals surface area (Å²) < 4.78 is 0. The minimum atomic E-state index is -0.0378. The Bertz CT molecular complexity index is 456. The number of carbonyl (C=O) groups excluding carboxylic acids is 1. The summed E-state index contributed by atoms with van der Waals surface area (Å²) in [5, 5.41) is 0. The maximum absolute atomic E-state index is 11.6. The predicted molar refractivity (Wildman–Crippen MR) is 65.7 cm³/mol. The molecule has 0 aliphatic carbocycles. The first-order valence-corrected chi connectivity index (χ1v) is 5.55. The molecule has 2 rings (SSSR count). The molecule has 0 aromatic carbocycles. The van der Waals surface area contributed by atoms with Crippen molar-refractivity contribution in [1.82, 2.24) is 14.9 Å². The molecule has 0 saturated carbocycles. The highest BCUT2D eigenvalue weighted by molar-refractivity contribution is 5.87. The van der Waals surface area contributed by atoms with Gasteiger partial charge in [0.1, 0.15) is 12.1 Å². The van der Waals surface area contributed by atoms with E-state index in [-0.39, 0.29) is 5.91 Å². The SMILES string of the molecule is C=CC(=O)N1CCc2ncnc(N(C)C)c2C1. The van der Waals surface area contributed by atoms with Gasteiger partial charge in [-0.15, -0.1) is 0 Å². The molecule has 1 aromatic rings. The highest BCUT2D eigenvalue weighted by atomic mass is 16.2. The van der Waals surface area contributed by atoms with Gasteiger partial charge in [-0.25, -0.2) is 9.97 Å². The van der Waals surface area contributed by atoms with Gasteiger partial charge in [-0.2, -0.15) is 0 Å². The van der Waals surface area contributed by atoms with E-state index >= 15 is 0 Å². The Balaban J connectivity index is 2.35. The Morgan fingerprint density at radius 2 is 2.29 bits per heavy atom. The van der Waals surface area contributed by atoms with Gasteiger partial charge in [0, 0.05) is 32.6 Å².